The van der Waals surface area contributed by atoms with E-state index in [0.717, 1.165) is 0 Å². The van der Waals surface area contributed by atoms with E-state index in [2.05, 4.69) is 35.0 Å². The molecule has 0 aliphatic carbocycles. The van der Waals surface area contributed by atoms with Gasteiger partial charge in [0.2, 0.25) is 0 Å². The van der Waals surface area contributed by atoms with E-state index < -0.39 is 16.1 Å². The van der Waals surface area contributed by atoms with Gasteiger partial charge in [-0.15, -0.1) is 0 Å². The van der Waals surface area contributed by atoms with E-state index in [1.165, 1.54) is 8.11 Å². The van der Waals surface area contributed by atoms with Crippen molar-refractivity contribution in [2.75, 3.05) is 0 Å². The third-order valence-electron chi connectivity index (χ3n) is 0.750. The van der Waals surface area contributed by atoms with Gasteiger partial charge in [-0.2, -0.15) is 0 Å². The van der Waals surface area contributed by atoms with Crippen molar-refractivity contribution in [3.8, 4) is 0 Å². The standard InChI is InChI=1S/C4H10N.2CH3.H3Si.Ti/c1-4(2,3)5;;;;/h5H,1-3H3;3*1H3;/q-1;;;;+1. The maximum absolute atomic E-state index is 3.71. The van der Waals surface area contributed by atoms with Crippen LogP contribution in [0.15, 0.2) is 0 Å². The Bertz CT molecular complexity index is 78.2. The van der Waals surface area contributed by atoms with Gasteiger partial charge in [0, 0.05) is 0 Å². The predicted octanol–water partition coefficient (Wildman–Crippen LogP) is 0.820. The Hall–Kier alpha value is 0.891. The average Bonchev–Trinajstić information content (AvgIpc) is 1.14. The van der Waals surface area contributed by atoms with E-state index in [1.807, 2.05) is 0 Å². The fourth-order valence-corrected chi connectivity index (χ4v) is 7.73. The molecule has 0 aliphatic heterocycles. The van der Waals surface area contributed by atoms with Crippen molar-refractivity contribution in [2.24, 2.45) is 0 Å². The first-order chi connectivity index (χ1) is 3.71. The van der Waals surface area contributed by atoms with Crippen LogP contribution >= 0.6 is 0 Å². The first kappa shape index (κ1) is 9.89. The van der Waals surface area contributed by atoms with Crippen molar-refractivity contribution in [3.63, 3.8) is 0 Å². The Morgan fingerprint density at radius 3 is 1.56 bits per heavy atom. The molecule has 0 saturated carbocycles. The summed E-state index contributed by atoms with van der Waals surface area (Å²) in [4.78, 5) is 0. The molecule has 0 aromatic rings. The van der Waals surface area contributed by atoms with Gasteiger partial charge in [-0.05, 0) is 0 Å². The predicted molar refractivity (Wildman–Crippen MR) is 44.6 cm³/mol. The van der Waals surface area contributed by atoms with Crippen LogP contribution in [-0.4, -0.2) is 13.6 Å². The van der Waals surface area contributed by atoms with Crippen LogP contribution in [-0.2, 0) is 16.1 Å². The third kappa shape index (κ3) is 8.89. The van der Waals surface area contributed by atoms with E-state index in [-0.39, 0.29) is 0 Å². The molecule has 0 spiro atoms. The summed E-state index contributed by atoms with van der Waals surface area (Å²) in [6.07, 6.45) is 0. The van der Waals surface area contributed by atoms with Gasteiger partial charge in [-0.3, -0.25) is 0 Å². The molecule has 0 bridgehead atoms. The van der Waals surface area contributed by atoms with Crippen LogP contribution < -0.4 is 3.80 Å². The molecule has 0 atom stereocenters. The minimum absolute atomic E-state index is 0.352. The fourth-order valence-electron chi connectivity index (χ4n) is 1.12. The van der Waals surface area contributed by atoms with Crippen molar-refractivity contribution >= 4 is 8.11 Å². The zero-order valence-corrected chi connectivity index (χ0v) is 11.1. The molecule has 0 aromatic carbocycles. The maximum atomic E-state index is 3.71. The van der Waals surface area contributed by atoms with Crippen molar-refractivity contribution in [3.05, 3.63) is 0 Å². The van der Waals surface area contributed by atoms with E-state index >= 15 is 0 Å². The van der Waals surface area contributed by atoms with Crippen LogP contribution in [0.3, 0.4) is 0 Å². The molecule has 0 unspecified atom stereocenters. The Balaban J connectivity index is 3.75. The Labute approximate surface area is 64.9 Å². The molecule has 0 heterocycles. The number of hydrogen-bond acceptors (Lipinski definition) is 1. The monoisotopic (exact) mass is 181 g/mol. The van der Waals surface area contributed by atoms with Crippen LogP contribution in [0.2, 0.25) is 10.5 Å². The zero-order chi connectivity index (χ0) is 7.71. The van der Waals surface area contributed by atoms with Gasteiger partial charge in [-0.25, -0.2) is 0 Å². The third-order valence-corrected chi connectivity index (χ3v) is 4.12. The number of nitrogens with one attached hydrogen (secondary N) is 1. The summed E-state index contributed by atoms with van der Waals surface area (Å²) in [5.74, 6) is 0. The summed E-state index contributed by atoms with van der Waals surface area (Å²) in [5.41, 5.74) is 0.352. The van der Waals surface area contributed by atoms with Crippen LogP contribution in [0.1, 0.15) is 20.8 Å². The second kappa shape index (κ2) is 2.87. The molecule has 0 saturated heterocycles. The summed E-state index contributed by atoms with van der Waals surface area (Å²) < 4.78 is 3.71. The molecule has 1 N–H and O–H groups in total. The molecule has 0 aromatic heterocycles. The quantitative estimate of drug-likeness (QED) is 0.590. The molecule has 56 valence electrons. The fraction of sp³-hybridized carbons (Fsp3) is 1.00. The van der Waals surface area contributed by atoms with E-state index in [0.29, 0.717) is 5.54 Å². The van der Waals surface area contributed by atoms with Crippen LogP contribution in [0.5, 0.6) is 0 Å². The molecular formula is C6H19NSiTi. The van der Waals surface area contributed by atoms with Crippen molar-refractivity contribution in [1.29, 1.82) is 0 Å². The average molecular weight is 181 g/mol. The SMILES string of the molecule is CC(C)(C)[NH][Ti]([CH3])([CH3])[SiH3]. The molecular weight excluding hydrogens is 162 g/mol. The first-order valence-corrected chi connectivity index (χ1v) is 13.1. The molecule has 3 heteroatoms. The van der Waals surface area contributed by atoms with Gasteiger partial charge < -0.3 is 0 Å². The molecule has 9 heavy (non-hydrogen) atoms. The second-order valence-electron chi connectivity index (χ2n) is 4.62. The van der Waals surface area contributed by atoms with Gasteiger partial charge in [-0.1, -0.05) is 0 Å². The summed E-state index contributed by atoms with van der Waals surface area (Å²) in [5, 5.41) is 4.86. The first-order valence-electron chi connectivity index (χ1n) is 3.50. The Kier molecular flexibility index (Phi) is 3.15. The normalized spacial score (nSPS) is 14.3. The molecule has 1 nitrogen and oxygen atoms in total. The van der Waals surface area contributed by atoms with Gasteiger partial charge in [0.15, 0.2) is 0 Å². The summed E-state index contributed by atoms with van der Waals surface area (Å²) >= 11 is -1.35. The van der Waals surface area contributed by atoms with Gasteiger partial charge in [0.1, 0.15) is 0 Å². The molecule has 0 rings (SSSR count). The van der Waals surface area contributed by atoms with E-state index in [9.17, 15) is 0 Å². The van der Waals surface area contributed by atoms with E-state index in [1.54, 1.807) is 0 Å². The van der Waals surface area contributed by atoms with Crippen LogP contribution in [0.25, 0.3) is 0 Å². The van der Waals surface area contributed by atoms with Gasteiger partial charge in [0.05, 0.1) is 0 Å². The van der Waals surface area contributed by atoms with E-state index in [4.69, 9.17) is 0 Å². The molecule has 0 aliphatic rings. The topological polar surface area (TPSA) is 12.0 Å². The molecule has 0 fully saturated rings. The van der Waals surface area contributed by atoms with Crippen molar-refractivity contribution in [1.82, 2.24) is 3.80 Å². The van der Waals surface area contributed by atoms with Crippen LogP contribution in [0.4, 0.5) is 0 Å². The van der Waals surface area contributed by atoms with Crippen molar-refractivity contribution < 1.29 is 16.1 Å². The van der Waals surface area contributed by atoms with Gasteiger partial charge in [0.25, 0.3) is 0 Å². The molecule has 0 amide bonds. The van der Waals surface area contributed by atoms with Gasteiger partial charge >= 0.3 is 64.8 Å². The Morgan fingerprint density at radius 1 is 1.22 bits per heavy atom. The van der Waals surface area contributed by atoms with Crippen LogP contribution in [0, 0.1) is 0 Å². The second-order valence-corrected chi connectivity index (χ2v) is 22.4. The zero-order valence-electron chi connectivity index (χ0n) is 7.50. The number of rotatable bonds is 1. The number of hydrogen-bond donors (Lipinski definition) is 1. The molecule has 0 radical (unpaired) electrons. The minimum atomic E-state index is -1.35. The summed E-state index contributed by atoms with van der Waals surface area (Å²) in [6.45, 7) is 6.74. The Morgan fingerprint density at radius 2 is 1.56 bits per heavy atom. The summed E-state index contributed by atoms with van der Waals surface area (Å²) in [6, 6.07) is 0. The summed E-state index contributed by atoms with van der Waals surface area (Å²) in [7, 11) is 1.39. The van der Waals surface area contributed by atoms with Crippen molar-refractivity contribution in [2.45, 2.75) is 36.8 Å².